The number of carboxylic acids is 1. The Morgan fingerprint density at radius 1 is 1.30 bits per heavy atom. The molecule has 1 aromatic rings. The van der Waals surface area contributed by atoms with Gasteiger partial charge in [-0.05, 0) is 43.7 Å². The first-order valence-electron chi connectivity index (χ1n) is 7.02. The Kier molecular flexibility index (Phi) is 3.20. The minimum absolute atomic E-state index is 0.112. The Balaban J connectivity index is 1.78. The summed E-state index contributed by atoms with van der Waals surface area (Å²) >= 11 is 0. The standard InChI is InChI=1S/C15H18N2O3/c1-9-3-2-4-13(16-9)14(18)17-7-11(10-5-6-10)12(8-17)15(19)20/h2-4,10-12H,5-8H2,1H3,(H,19,20)/t11-,12+/m1/s1. The second-order valence-electron chi connectivity index (χ2n) is 5.82. The van der Waals surface area contributed by atoms with E-state index in [0.717, 1.165) is 18.5 Å². The molecule has 2 aliphatic rings. The smallest absolute Gasteiger partial charge is 0.308 e. The van der Waals surface area contributed by atoms with Crippen LogP contribution in [0, 0.1) is 24.7 Å². The molecule has 1 aliphatic heterocycles. The monoisotopic (exact) mass is 274 g/mol. The summed E-state index contributed by atoms with van der Waals surface area (Å²) in [4.78, 5) is 29.7. The molecule has 1 saturated carbocycles. The van der Waals surface area contributed by atoms with Crippen molar-refractivity contribution in [3.8, 4) is 0 Å². The summed E-state index contributed by atoms with van der Waals surface area (Å²) < 4.78 is 0. The molecule has 3 rings (SSSR count). The summed E-state index contributed by atoms with van der Waals surface area (Å²) in [5.74, 6) is -0.755. The average molecular weight is 274 g/mol. The molecule has 5 heteroatoms. The molecule has 2 heterocycles. The van der Waals surface area contributed by atoms with Crippen molar-refractivity contribution >= 4 is 11.9 Å². The van der Waals surface area contributed by atoms with Crippen molar-refractivity contribution < 1.29 is 14.7 Å². The minimum Gasteiger partial charge on any atom is -0.481 e. The molecule has 0 aromatic carbocycles. The van der Waals surface area contributed by atoms with Crippen LogP contribution in [0.4, 0.5) is 0 Å². The van der Waals surface area contributed by atoms with Crippen LogP contribution in [0.1, 0.15) is 29.0 Å². The van der Waals surface area contributed by atoms with Crippen LogP contribution in [-0.4, -0.2) is 40.0 Å². The molecule has 5 nitrogen and oxygen atoms in total. The topological polar surface area (TPSA) is 70.5 Å². The maximum atomic E-state index is 12.4. The van der Waals surface area contributed by atoms with Gasteiger partial charge in [-0.2, -0.15) is 0 Å². The van der Waals surface area contributed by atoms with Crippen molar-refractivity contribution in [3.63, 3.8) is 0 Å². The number of aliphatic carboxylic acids is 1. The molecule has 2 atom stereocenters. The van der Waals surface area contributed by atoms with Crippen LogP contribution in [0.15, 0.2) is 18.2 Å². The normalized spacial score (nSPS) is 25.8. The highest BCUT2D eigenvalue weighted by molar-refractivity contribution is 5.93. The highest BCUT2D eigenvalue weighted by Gasteiger charge is 2.47. The quantitative estimate of drug-likeness (QED) is 0.908. The summed E-state index contributed by atoms with van der Waals surface area (Å²) in [5.41, 5.74) is 1.20. The zero-order valence-electron chi connectivity index (χ0n) is 11.5. The van der Waals surface area contributed by atoms with Gasteiger partial charge in [-0.25, -0.2) is 4.98 Å². The van der Waals surface area contributed by atoms with Gasteiger partial charge in [0.05, 0.1) is 5.92 Å². The molecule has 1 N–H and O–H groups in total. The fourth-order valence-electron chi connectivity index (χ4n) is 3.08. The van der Waals surface area contributed by atoms with Gasteiger partial charge in [-0.15, -0.1) is 0 Å². The number of carboxylic acid groups (broad SMARTS) is 1. The Hall–Kier alpha value is -1.91. The molecule has 1 aromatic heterocycles. The molecule has 1 amide bonds. The lowest BCUT2D eigenvalue weighted by molar-refractivity contribution is -0.142. The summed E-state index contributed by atoms with van der Waals surface area (Å²) in [6.45, 7) is 2.70. The van der Waals surface area contributed by atoms with E-state index < -0.39 is 11.9 Å². The van der Waals surface area contributed by atoms with E-state index >= 15 is 0 Å². The number of aromatic nitrogens is 1. The molecule has 20 heavy (non-hydrogen) atoms. The number of pyridine rings is 1. The zero-order chi connectivity index (χ0) is 14.3. The largest absolute Gasteiger partial charge is 0.481 e. The number of nitrogens with zero attached hydrogens (tertiary/aromatic N) is 2. The van der Waals surface area contributed by atoms with Crippen LogP contribution in [0.2, 0.25) is 0 Å². The van der Waals surface area contributed by atoms with Crippen molar-refractivity contribution in [1.82, 2.24) is 9.88 Å². The van der Waals surface area contributed by atoms with Crippen LogP contribution in [0.3, 0.4) is 0 Å². The number of carbonyl (C=O) groups is 2. The molecule has 0 radical (unpaired) electrons. The third kappa shape index (κ3) is 2.40. The minimum atomic E-state index is -0.783. The Morgan fingerprint density at radius 2 is 2.05 bits per heavy atom. The van der Waals surface area contributed by atoms with Crippen LogP contribution in [-0.2, 0) is 4.79 Å². The first-order valence-corrected chi connectivity index (χ1v) is 7.02. The van der Waals surface area contributed by atoms with E-state index in [9.17, 15) is 14.7 Å². The Morgan fingerprint density at radius 3 is 2.65 bits per heavy atom. The number of hydrogen-bond donors (Lipinski definition) is 1. The van der Waals surface area contributed by atoms with E-state index in [2.05, 4.69) is 4.98 Å². The molecule has 0 unspecified atom stereocenters. The van der Waals surface area contributed by atoms with Gasteiger partial charge in [0, 0.05) is 18.8 Å². The summed E-state index contributed by atoms with van der Waals surface area (Å²) in [7, 11) is 0. The number of hydrogen-bond acceptors (Lipinski definition) is 3. The van der Waals surface area contributed by atoms with E-state index in [4.69, 9.17) is 0 Å². The van der Waals surface area contributed by atoms with Gasteiger partial charge in [0.1, 0.15) is 5.69 Å². The Labute approximate surface area is 117 Å². The lowest BCUT2D eigenvalue weighted by Gasteiger charge is -2.15. The lowest BCUT2D eigenvalue weighted by Crippen LogP contribution is -2.30. The first-order chi connectivity index (χ1) is 9.56. The highest BCUT2D eigenvalue weighted by Crippen LogP contribution is 2.44. The predicted octanol–water partition coefficient (Wildman–Crippen LogP) is 1.57. The maximum Gasteiger partial charge on any atom is 0.308 e. The van der Waals surface area contributed by atoms with Crippen molar-refractivity contribution in [2.45, 2.75) is 19.8 Å². The molecule has 106 valence electrons. The molecule has 0 bridgehead atoms. The summed E-state index contributed by atoms with van der Waals surface area (Å²) in [5, 5.41) is 9.32. The SMILES string of the molecule is Cc1cccc(C(=O)N2C[C@H](C(=O)O)[C@@H](C3CC3)C2)n1. The Bertz CT molecular complexity index is 554. The van der Waals surface area contributed by atoms with Crippen molar-refractivity contribution in [2.24, 2.45) is 17.8 Å². The third-order valence-corrected chi connectivity index (χ3v) is 4.30. The van der Waals surface area contributed by atoms with Crippen LogP contribution in [0.5, 0.6) is 0 Å². The fraction of sp³-hybridized carbons (Fsp3) is 0.533. The van der Waals surface area contributed by atoms with Gasteiger partial charge < -0.3 is 10.0 Å². The van der Waals surface area contributed by atoms with Gasteiger partial charge in [0.15, 0.2) is 0 Å². The molecule has 0 spiro atoms. The summed E-state index contributed by atoms with van der Waals surface area (Å²) in [6.07, 6.45) is 2.19. The fourth-order valence-corrected chi connectivity index (χ4v) is 3.08. The number of amides is 1. The van der Waals surface area contributed by atoms with E-state index in [-0.39, 0.29) is 11.8 Å². The van der Waals surface area contributed by atoms with Gasteiger partial charge in [0.2, 0.25) is 0 Å². The number of aryl methyl sites for hydroxylation is 1. The van der Waals surface area contributed by atoms with Crippen molar-refractivity contribution in [1.29, 1.82) is 0 Å². The van der Waals surface area contributed by atoms with E-state index in [1.54, 1.807) is 17.0 Å². The predicted molar refractivity (Wildman–Crippen MR) is 72.2 cm³/mol. The third-order valence-electron chi connectivity index (χ3n) is 4.30. The average Bonchev–Trinajstić information content (AvgIpc) is 3.16. The molecular formula is C15H18N2O3. The van der Waals surface area contributed by atoms with Gasteiger partial charge in [-0.1, -0.05) is 6.07 Å². The lowest BCUT2D eigenvalue weighted by atomic mass is 9.92. The van der Waals surface area contributed by atoms with Gasteiger partial charge >= 0.3 is 5.97 Å². The number of carbonyl (C=O) groups excluding carboxylic acids is 1. The van der Waals surface area contributed by atoms with Crippen LogP contribution in [0.25, 0.3) is 0 Å². The first kappa shape index (κ1) is 13.1. The highest BCUT2D eigenvalue weighted by atomic mass is 16.4. The molecule has 2 fully saturated rings. The van der Waals surface area contributed by atoms with Gasteiger partial charge in [-0.3, -0.25) is 9.59 Å². The van der Waals surface area contributed by atoms with Crippen LogP contribution >= 0.6 is 0 Å². The summed E-state index contributed by atoms with van der Waals surface area (Å²) in [6, 6.07) is 5.34. The maximum absolute atomic E-state index is 12.4. The van der Waals surface area contributed by atoms with E-state index in [1.165, 1.54) is 0 Å². The number of likely N-dealkylation sites (tertiary alicyclic amines) is 1. The van der Waals surface area contributed by atoms with Crippen molar-refractivity contribution in [3.05, 3.63) is 29.6 Å². The van der Waals surface area contributed by atoms with E-state index in [0.29, 0.717) is 24.7 Å². The van der Waals surface area contributed by atoms with E-state index in [1.807, 2.05) is 13.0 Å². The molecule has 1 saturated heterocycles. The second-order valence-corrected chi connectivity index (χ2v) is 5.82. The van der Waals surface area contributed by atoms with Crippen LogP contribution < -0.4 is 0 Å². The van der Waals surface area contributed by atoms with Gasteiger partial charge in [0.25, 0.3) is 5.91 Å². The zero-order valence-corrected chi connectivity index (χ0v) is 11.5. The molecular weight excluding hydrogens is 256 g/mol. The van der Waals surface area contributed by atoms with Crippen molar-refractivity contribution in [2.75, 3.05) is 13.1 Å². The number of rotatable bonds is 3. The second kappa shape index (κ2) is 4.89. The molecule has 1 aliphatic carbocycles.